The van der Waals surface area contributed by atoms with E-state index in [-0.39, 0.29) is 24.3 Å². The minimum absolute atomic E-state index is 0.0880. The van der Waals surface area contributed by atoms with Crippen molar-refractivity contribution in [2.45, 2.75) is 38.8 Å². The predicted octanol–water partition coefficient (Wildman–Crippen LogP) is 4.55. The second kappa shape index (κ2) is 12.6. The van der Waals surface area contributed by atoms with Crippen molar-refractivity contribution in [2.75, 3.05) is 54.9 Å². The van der Waals surface area contributed by atoms with Crippen LogP contribution in [0.15, 0.2) is 54.9 Å². The summed E-state index contributed by atoms with van der Waals surface area (Å²) < 4.78 is 13.0. The van der Waals surface area contributed by atoms with Gasteiger partial charge in [0.15, 0.2) is 11.5 Å². The van der Waals surface area contributed by atoms with Crippen LogP contribution in [0.5, 0.6) is 0 Å². The molecule has 13 nitrogen and oxygen atoms in total. The summed E-state index contributed by atoms with van der Waals surface area (Å²) in [5, 5.41) is 11.2. The molecule has 224 valence electrons. The van der Waals surface area contributed by atoms with E-state index in [1.807, 2.05) is 49.0 Å². The Morgan fingerprint density at radius 2 is 1.74 bits per heavy atom. The number of carbonyl (C=O) groups excluding carboxylic acids is 2. The molecule has 2 aliphatic heterocycles. The van der Waals surface area contributed by atoms with Gasteiger partial charge in [-0.05, 0) is 63.1 Å². The summed E-state index contributed by atoms with van der Waals surface area (Å²) in [7, 11) is 0. The van der Waals surface area contributed by atoms with Gasteiger partial charge in [0, 0.05) is 43.6 Å². The predicted molar refractivity (Wildman–Crippen MR) is 162 cm³/mol. The summed E-state index contributed by atoms with van der Waals surface area (Å²) in [6, 6.07) is 12.4. The van der Waals surface area contributed by atoms with Crippen LogP contribution >= 0.6 is 0 Å². The molecule has 2 aliphatic rings. The van der Waals surface area contributed by atoms with Gasteiger partial charge in [-0.2, -0.15) is 5.10 Å². The first-order valence-corrected chi connectivity index (χ1v) is 14.6. The molecule has 43 heavy (non-hydrogen) atoms. The van der Waals surface area contributed by atoms with Crippen LogP contribution in [0, 0.1) is 0 Å². The summed E-state index contributed by atoms with van der Waals surface area (Å²) in [6.45, 7) is 7.59. The van der Waals surface area contributed by atoms with Gasteiger partial charge < -0.3 is 24.6 Å². The van der Waals surface area contributed by atoms with Gasteiger partial charge in [-0.1, -0.05) is 6.07 Å². The molecule has 2 fully saturated rings. The lowest BCUT2D eigenvalue weighted by atomic mass is 10.1. The van der Waals surface area contributed by atoms with Crippen LogP contribution in [0.3, 0.4) is 0 Å². The number of pyridine rings is 1. The monoisotopic (exact) mass is 585 g/mol. The molecular formula is C30H35N9O4. The number of hydrogen-bond acceptors (Lipinski definition) is 9. The van der Waals surface area contributed by atoms with Crippen LogP contribution in [0.2, 0.25) is 0 Å². The second-order valence-electron chi connectivity index (χ2n) is 10.8. The van der Waals surface area contributed by atoms with Crippen molar-refractivity contribution < 1.29 is 19.1 Å². The maximum absolute atomic E-state index is 12.4. The molecule has 4 aromatic rings. The standard InChI is InChI=1S/C30H35N9O4/c1-20(2)43-30(41)38-13-10-23(11-14-38)39-28-24(19-32-39)27(37-15-17-42-18-16-37)35-26(36-28)21-6-8-22(9-7-21)33-29(40)34-25-5-3-4-12-31-25/h3-9,12,19-20,23H,10-11,13-18H2,1-2H3,(H2,31,33,34,40). The van der Waals surface area contributed by atoms with Crippen molar-refractivity contribution in [3.8, 4) is 11.4 Å². The summed E-state index contributed by atoms with van der Waals surface area (Å²) in [6.07, 6.45) is 4.53. The first-order chi connectivity index (χ1) is 20.9. The van der Waals surface area contributed by atoms with E-state index in [1.54, 1.807) is 29.3 Å². The highest BCUT2D eigenvalue weighted by molar-refractivity contribution is 5.99. The minimum Gasteiger partial charge on any atom is -0.447 e. The Balaban J connectivity index is 1.25. The number of nitrogens with one attached hydrogen (secondary N) is 2. The van der Waals surface area contributed by atoms with Gasteiger partial charge in [0.05, 0.1) is 36.9 Å². The average Bonchev–Trinajstić information content (AvgIpc) is 3.46. The maximum Gasteiger partial charge on any atom is 0.410 e. The van der Waals surface area contributed by atoms with Crippen molar-refractivity contribution in [1.29, 1.82) is 0 Å². The normalized spacial score (nSPS) is 16.0. The Morgan fingerprint density at radius 3 is 2.44 bits per heavy atom. The molecule has 0 aliphatic carbocycles. The van der Waals surface area contributed by atoms with E-state index in [9.17, 15) is 9.59 Å². The third-order valence-corrected chi connectivity index (χ3v) is 7.46. The largest absolute Gasteiger partial charge is 0.447 e. The Morgan fingerprint density at radius 1 is 0.977 bits per heavy atom. The minimum atomic E-state index is -0.383. The van der Waals surface area contributed by atoms with E-state index in [2.05, 4.69) is 20.5 Å². The first-order valence-electron chi connectivity index (χ1n) is 14.6. The van der Waals surface area contributed by atoms with Gasteiger partial charge in [-0.3, -0.25) is 5.32 Å². The van der Waals surface area contributed by atoms with Gasteiger partial charge in [0.1, 0.15) is 11.6 Å². The summed E-state index contributed by atoms with van der Waals surface area (Å²) >= 11 is 0. The van der Waals surface area contributed by atoms with Gasteiger partial charge in [-0.15, -0.1) is 0 Å². The number of nitrogens with zero attached hydrogens (tertiary/aromatic N) is 7. The summed E-state index contributed by atoms with van der Waals surface area (Å²) in [5.74, 6) is 1.86. The van der Waals surface area contributed by atoms with Gasteiger partial charge in [0.25, 0.3) is 0 Å². The molecule has 2 N–H and O–H groups in total. The molecule has 6 rings (SSSR count). The molecule has 5 heterocycles. The van der Waals surface area contributed by atoms with Gasteiger partial charge in [-0.25, -0.2) is 29.2 Å². The quantitative estimate of drug-likeness (QED) is 0.333. The summed E-state index contributed by atoms with van der Waals surface area (Å²) in [5.41, 5.74) is 2.19. The molecule has 0 spiro atoms. The number of fused-ring (bicyclic) bond motifs is 1. The molecular weight excluding hydrogens is 550 g/mol. The van der Waals surface area contributed by atoms with E-state index < -0.39 is 0 Å². The molecule has 3 amide bonds. The third-order valence-electron chi connectivity index (χ3n) is 7.46. The Bertz CT molecular complexity index is 1560. The molecule has 13 heteroatoms. The molecule has 0 bridgehead atoms. The number of carbonyl (C=O) groups is 2. The zero-order valence-corrected chi connectivity index (χ0v) is 24.3. The number of amides is 3. The number of rotatable bonds is 6. The molecule has 0 unspecified atom stereocenters. The lowest BCUT2D eigenvalue weighted by Crippen LogP contribution is -2.40. The number of aromatic nitrogens is 5. The summed E-state index contributed by atoms with van der Waals surface area (Å²) in [4.78, 5) is 42.9. The second-order valence-corrected chi connectivity index (χ2v) is 10.8. The van der Waals surface area contributed by atoms with E-state index in [0.29, 0.717) is 43.6 Å². The topological polar surface area (TPSA) is 140 Å². The highest BCUT2D eigenvalue weighted by atomic mass is 16.6. The number of ether oxygens (including phenoxy) is 2. The van der Waals surface area contributed by atoms with Crippen molar-refractivity contribution in [1.82, 2.24) is 29.6 Å². The lowest BCUT2D eigenvalue weighted by Gasteiger charge is -2.32. The molecule has 0 atom stereocenters. The van der Waals surface area contributed by atoms with Crippen LogP contribution in [0.4, 0.5) is 26.9 Å². The number of likely N-dealkylation sites (tertiary alicyclic amines) is 1. The highest BCUT2D eigenvalue weighted by Crippen LogP contribution is 2.32. The van der Waals surface area contributed by atoms with Crippen molar-refractivity contribution in [2.24, 2.45) is 0 Å². The third kappa shape index (κ3) is 6.51. The number of benzene rings is 1. The first kappa shape index (κ1) is 28.3. The van der Waals surface area contributed by atoms with E-state index in [1.165, 1.54) is 0 Å². The van der Waals surface area contributed by atoms with E-state index in [0.717, 1.165) is 48.3 Å². The lowest BCUT2D eigenvalue weighted by molar-refractivity contribution is 0.0656. The Kier molecular flexibility index (Phi) is 8.31. The Hall–Kier alpha value is -4.78. The van der Waals surface area contributed by atoms with Crippen molar-refractivity contribution in [3.63, 3.8) is 0 Å². The molecule has 1 aromatic carbocycles. The zero-order valence-electron chi connectivity index (χ0n) is 24.3. The zero-order chi connectivity index (χ0) is 29.8. The van der Waals surface area contributed by atoms with Crippen LogP contribution in [-0.2, 0) is 9.47 Å². The van der Waals surface area contributed by atoms with E-state index in [4.69, 9.17) is 24.5 Å². The van der Waals surface area contributed by atoms with Gasteiger partial charge >= 0.3 is 12.1 Å². The van der Waals surface area contributed by atoms with Crippen molar-refractivity contribution >= 4 is 40.5 Å². The Labute approximate surface area is 249 Å². The molecule has 0 radical (unpaired) electrons. The smallest absolute Gasteiger partial charge is 0.410 e. The fourth-order valence-corrected chi connectivity index (χ4v) is 5.31. The van der Waals surface area contributed by atoms with Gasteiger partial charge in [0.2, 0.25) is 0 Å². The number of morpholine rings is 1. The van der Waals surface area contributed by atoms with Crippen molar-refractivity contribution in [3.05, 3.63) is 54.9 Å². The number of anilines is 3. The SMILES string of the molecule is CC(C)OC(=O)N1CCC(n2ncc3c(N4CCOCC4)nc(-c4ccc(NC(=O)Nc5ccccn5)cc4)nc32)CC1. The molecule has 3 aromatic heterocycles. The maximum atomic E-state index is 12.4. The number of hydrogen-bond donors (Lipinski definition) is 2. The average molecular weight is 586 g/mol. The fraction of sp³-hybridized carbons (Fsp3) is 0.400. The van der Waals surface area contributed by atoms with Crippen LogP contribution < -0.4 is 15.5 Å². The van der Waals surface area contributed by atoms with Crippen LogP contribution in [0.1, 0.15) is 32.7 Å². The fourth-order valence-electron chi connectivity index (χ4n) is 5.31. The van der Waals surface area contributed by atoms with Crippen LogP contribution in [-0.4, -0.2) is 87.3 Å². The highest BCUT2D eigenvalue weighted by Gasteiger charge is 2.28. The number of urea groups is 1. The van der Waals surface area contributed by atoms with Crippen LogP contribution in [0.25, 0.3) is 22.4 Å². The molecule has 2 saturated heterocycles. The number of piperidine rings is 1. The molecule has 0 saturated carbocycles. The van der Waals surface area contributed by atoms with E-state index >= 15 is 0 Å².